The SMILES string of the molecule is C[C@@H](NC(=O)CNC(=O)C1CCCCC1)c1ccc2c(c1)OCCO2. The second-order valence-electron chi connectivity index (χ2n) is 6.75. The summed E-state index contributed by atoms with van der Waals surface area (Å²) in [6, 6.07) is 5.49. The average Bonchev–Trinajstić information content (AvgIpc) is 2.66. The van der Waals surface area contributed by atoms with Crippen LogP contribution in [0.1, 0.15) is 50.6 Å². The van der Waals surface area contributed by atoms with Crippen LogP contribution in [0.3, 0.4) is 0 Å². The zero-order valence-corrected chi connectivity index (χ0v) is 14.7. The third kappa shape index (κ3) is 4.65. The second kappa shape index (κ2) is 8.23. The Hall–Kier alpha value is -2.24. The summed E-state index contributed by atoms with van der Waals surface area (Å²) >= 11 is 0. The third-order valence-electron chi connectivity index (χ3n) is 4.84. The van der Waals surface area contributed by atoms with Gasteiger partial charge in [-0.3, -0.25) is 9.59 Å². The normalized spacial score (nSPS) is 18.3. The maximum Gasteiger partial charge on any atom is 0.239 e. The second-order valence-corrected chi connectivity index (χ2v) is 6.75. The summed E-state index contributed by atoms with van der Waals surface area (Å²) in [6.45, 7) is 3.01. The lowest BCUT2D eigenvalue weighted by molar-refractivity contribution is -0.129. The molecule has 3 rings (SSSR count). The molecule has 0 aromatic heterocycles. The minimum Gasteiger partial charge on any atom is -0.486 e. The van der Waals surface area contributed by atoms with Crippen molar-refractivity contribution in [3.8, 4) is 11.5 Å². The largest absolute Gasteiger partial charge is 0.486 e. The monoisotopic (exact) mass is 346 g/mol. The highest BCUT2D eigenvalue weighted by atomic mass is 16.6. The maximum absolute atomic E-state index is 12.1. The lowest BCUT2D eigenvalue weighted by atomic mass is 9.89. The predicted octanol–water partition coefficient (Wildman–Crippen LogP) is 2.33. The molecule has 1 fully saturated rings. The number of hydrogen-bond acceptors (Lipinski definition) is 4. The van der Waals surface area contributed by atoms with Crippen molar-refractivity contribution in [3.63, 3.8) is 0 Å². The molecule has 1 atom stereocenters. The maximum atomic E-state index is 12.1. The van der Waals surface area contributed by atoms with Gasteiger partial charge in [-0.1, -0.05) is 25.3 Å². The molecule has 1 aromatic rings. The van der Waals surface area contributed by atoms with Crippen LogP contribution >= 0.6 is 0 Å². The Morgan fingerprint density at radius 3 is 2.60 bits per heavy atom. The van der Waals surface area contributed by atoms with Crippen LogP contribution in [0.4, 0.5) is 0 Å². The molecule has 2 aliphatic rings. The van der Waals surface area contributed by atoms with Crippen LogP contribution in [0.25, 0.3) is 0 Å². The Kier molecular flexibility index (Phi) is 5.79. The van der Waals surface area contributed by atoms with Gasteiger partial charge in [0.15, 0.2) is 11.5 Å². The van der Waals surface area contributed by atoms with Crippen LogP contribution in [0, 0.1) is 5.92 Å². The van der Waals surface area contributed by atoms with E-state index in [1.54, 1.807) is 0 Å². The van der Waals surface area contributed by atoms with Gasteiger partial charge in [-0.15, -0.1) is 0 Å². The number of nitrogens with one attached hydrogen (secondary N) is 2. The van der Waals surface area contributed by atoms with Crippen LogP contribution in [-0.4, -0.2) is 31.6 Å². The van der Waals surface area contributed by atoms with Crippen molar-refractivity contribution in [2.75, 3.05) is 19.8 Å². The topological polar surface area (TPSA) is 76.7 Å². The molecule has 1 aliphatic heterocycles. The molecule has 2 amide bonds. The van der Waals surface area contributed by atoms with E-state index in [1.165, 1.54) is 6.42 Å². The molecule has 1 aromatic carbocycles. The number of amides is 2. The van der Waals surface area contributed by atoms with Gasteiger partial charge in [0.05, 0.1) is 12.6 Å². The first-order valence-electron chi connectivity index (χ1n) is 9.10. The van der Waals surface area contributed by atoms with E-state index in [2.05, 4.69) is 10.6 Å². The molecule has 0 saturated heterocycles. The van der Waals surface area contributed by atoms with Crippen molar-refractivity contribution in [2.24, 2.45) is 5.92 Å². The highest BCUT2D eigenvalue weighted by Gasteiger charge is 2.22. The molecule has 2 N–H and O–H groups in total. The molecule has 0 unspecified atom stereocenters. The van der Waals surface area contributed by atoms with Crippen LogP contribution in [0.2, 0.25) is 0 Å². The van der Waals surface area contributed by atoms with Crippen LogP contribution < -0.4 is 20.1 Å². The van der Waals surface area contributed by atoms with Crippen molar-refractivity contribution in [1.82, 2.24) is 10.6 Å². The first-order chi connectivity index (χ1) is 12.1. The fraction of sp³-hybridized carbons (Fsp3) is 0.579. The predicted molar refractivity (Wildman–Crippen MR) is 93.6 cm³/mol. The number of rotatable bonds is 5. The molecule has 6 nitrogen and oxygen atoms in total. The first-order valence-corrected chi connectivity index (χ1v) is 9.10. The van der Waals surface area contributed by atoms with Gasteiger partial charge in [0.25, 0.3) is 0 Å². The summed E-state index contributed by atoms with van der Waals surface area (Å²) in [7, 11) is 0. The number of ether oxygens (including phenoxy) is 2. The van der Waals surface area contributed by atoms with Crippen molar-refractivity contribution in [1.29, 1.82) is 0 Å². The molecule has 25 heavy (non-hydrogen) atoms. The molecule has 0 bridgehead atoms. The van der Waals surface area contributed by atoms with Crippen LogP contribution in [0.15, 0.2) is 18.2 Å². The van der Waals surface area contributed by atoms with Crippen molar-refractivity contribution in [3.05, 3.63) is 23.8 Å². The lowest BCUT2D eigenvalue weighted by Crippen LogP contribution is -2.40. The molecule has 0 radical (unpaired) electrons. The van der Waals surface area contributed by atoms with Gasteiger partial charge in [-0.05, 0) is 37.5 Å². The summed E-state index contributed by atoms with van der Waals surface area (Å²) in [5.74, 6) is 1.31. The Morgan fingerprint density at radius 1 is 1.12 bits per heavy atom. The van der Waals surface area contributed by atoms with E-state index in [9.17, 15) is 9.59 Å². The zero-order valence-electron chi connectivity index (χ0n) is 14.7. The van der Waals surface area contributed by atoms with Crippen molar-refractivity contribution < 1.29 is 19.1 Å². The standard InChI is InChI=1S/C19H26N2O4/c1-13(15-7-8-16-17(11-15)25-10-9-24-16)21-18(22)12-20-19(23)14-5-3-2-4-6-14/h7-8,11,13-14H,2-6,9-10,12H2,1H3,(H,20,23)(H,21,22)/t13-/m1/s1. The summed E-state index contributed by atoms with van der Waals surface area (Å²) in [6.07, 6.45) is 5.27. The van der Waals surface area contributed by atoms with E-state index >= 15 is 0 Å². The molecular weight excluding hydrogens is 320 g/mol. The zero-order chi connectivity index (χ0) is 17.6. The minimum atomic E-state index is -0.188. The number of carbonyl (C=O) groups excluding carboxylic acids is 2. The van der Waals surface area contributed by atoms with E-state index in [0.29, 0.717) is 19.0 Å². The van der Waals surface area contributed by atoms with Gasteiger partial charge in [0.2, 0.25) is 11.8 Å². The van der Waals surface area contributed by atoms with E-state index in [4.69, 9.17) is 9.47 Å². The highest BCUT2D eigenvalue weighted by Crippen LogP contribution is 2.32. The summed E-state index contributed by atoms with van der Waals surface area (Å²) in [4.78, 5) is 24.2. The van der Waals surface area contributed by atoms with Gasteiger partial charge in [0, 0.05) is 5.92 Å². The smallest absolute Gasteiger partial charge is 0.239 e. The summed E-state index contributed by atoms with van der Waals surface area (Å²) in [5.41, 5.74) is 0.941. The molecule has 6 heteroatoms. The fourth-order valence-corrected chi connectivity index (χ4v) is 3.38. The average molecular weight is 346 g/mol. The third-order valence-corrected chi connectivity index (χ3v) is 4.84. The molecule has 1 heterocycles. The number of fused-ring (bicyclic) bond motifs is 1. The first kappa shape index (κ1) is 17.6. The molecule has 136 valence electrons. The fourth-order valence-electron chi connectivity index (χ4n) is 3.38. The highest BCUT2D eigenvalue weighted by molar-refractivity contribution is 5.86. The van der Waals surface area contributed by atoms with Crippen LogP contribution in [-0.2, 0) is 9.59 Å². The molecule has 1 aliphatic carbocycles. The molecular formula is C19H26N2O4. The number of carbonyl (C=O) groups is 2. The van der Waals surface area contributed by atoms with Gasteiger partial charge in [-0.25, -0.2) is 0 Å². The van der Waals surface area contributed by atoms with Gasteiger partial charge in [-0.2, -0.15) is 0 Å². The lowest BCUT2D eigenvalue weighted by Gasteiger charge is -2.22. The van der Waals surface area contributed by atoms with Gasteiger partial charge < -0.3 is 20.1 Å². The quantitative estimate of drug-likeness (QED) is 0.858. The van der Waals surface area contributed by atoms with Crippen molar-refractivity contribution >= 4 is 11.8 Å². The van der Waals surface area contributed by atoms with Crippen LogP contribution in [0.5, 0.6) is 11.5 Å². The Labute approximate surface area is 148 Å². The molecule has 1 saturated carbocycles. The van der Waals surface area contributed by atoms with Crippen molar-refractivity contribution in [2.45, 2.75) is 45.1 Å². The number of hydrogen-bond donors (Lipinski definition) is 2. The van der Waals surface area contributed by atoms with E-state index in [-0.39, 0.29) is 30.3 Å². The van der Waals surface area contributed by atoms with E-state index < -0.39 is 0 Å². The summed E-state index contributed by atoms with van der Waals surface area (Å²) in [5, 5.41) is 5.67. The van der Waals surface area contributed by atoms with Gasteiger partial charge >= 0.3 is 0 Å². The Bertz CT molecular complexity index is 626. The van der Waals surface area contributed by atoms with Gasteiger partial charge in [0.1, 0.15) is 13.2 Å². The summed E-state index contributed by atoms with van der Waals surface area (Å²) < 4.78 is 11.1. The minimum absolute atomic E-state index is 0.00170. The Balaban J connectivity index is 1.48. The number of benzene rings is 1. The molecule has 0 spiro atoms. The van der Waals surface area contributed by atoms with E-state index in [1.807, 2.05) is 25.1 Å². The Morgan fingerprint density at radius 2 is 1.84 bits per heavy atom. The van der Waals surface area contributed by atoms with E-state index in [0.717, 1.165) is 37.0 Å².